The molecule has 0 bridgehead atoms. The average molecular weight is 517 g/mol. The van der Waals surface area contributed by atoms with Gasteiger partial charge in [0, 0.05) is 19.0 Å². The van der Waals surface area contributed by atoms with E-state index in [1.54, 1.807) is 18.2 Å². The molecule has 0 aromatic heterocycles. The maximum absolute atomic E-state index is 13.5. The van der Waals surface area contributed by atoms with Crippen LogP contribution in [-0.2, 0) is 27.2 Å². The molecule has 0 aliphatic heterocycles. The first-order chi connectivity index (χ1) is 17.1. The van der Waals surface area contributed by atoms with Gasteiger partial charge >= 0.3 is 0 Å². The molecule has 36 heavy (non-hydrogen) atoms. The summed E-state index contributed by atoms with van der Waals surface area (Å²) in [6, 6.07) is 21.5. The molecule has 1 atom stereocenters. The zero-order valence-electron chi connectivity index (χ0n) is 20.0. The number of unbranched alkanes of at least 4 members (excludes halogenated alkanes) is 1. The predicted octanol–water partition coefficient (Wildman–Crippen LogP) is 4.66. The van der Waals surface area contributed by atoms with Crippen molar-refractivity contribution in [2.24, 2.45) is 0 Å². The molecule has 1 unspecified atom stereocenters. The number of nitrogens with one attached hydrogen (secondary N) is 2. The molecule has 0 aliphatic carbocycles. The highest BCUT2D eigenvalue weighted by molar-refractivity contribution is 7.89. The lowest BCUT2D eigenvalue weighted by Gasteiger charge is -2.19. The van der Waals surface area contributed by atoms with Crippen LogP contribution in [0, 0.1) is 0 Å². The number of benzene rings is 3. The van der Waals surface area contributed by atoms with Crippen LogP contribution in [-0.4, -0.2) is 33.5 Å². The Morgan fingerprint density at radius 2 is 1.53 bits per heavy atom. The Kier molecular flexibility index (Phi) is 9.55. The van der Waals surface area contributed by atoms with E-state index >= 15 is 0 Å². The Hall–Kier alpha value is -3.30. The Labute approximate surface area is 210 Å². The summed E-state index contributed by atoms with van der Waals surface area (Å²) in [4.78, 5) is 13.0. The summed E-state index contributed by atoms with van der Waals surface area (Å²) in [6.07, 6.45) is 1.34. The predicted molar refractivity (Wildman–Crippen MR) is 134 cm³/mol. The maximum Gasteiger partial charge on any atom is 0.270 e. The number of hydrogen-bond donors (Lipinski definition) is 2. The van der Waals surface area contributed by atoms with Gasteiger partial charge in [-0.15, -0.1) is 0 Å². The van der Waals surface area contributed by atoms with Crippen molar-refractivity contribution in [1.29, 1.82) is 0 Å². The minimum Gasteiger partial charge on any atom is -0.494 e. The first-order valence-corrected chi connectivity index (χ1v) is 13.1. The molecule has 0 spiro atoms. The summed E-state index contributed by atoms with van der Waals surface area (Å²) in [7, 11) is -3.98. The van der Waals surface area contributed by atoms with Crippen molar-refractivity contribution in [3.8, 4) is 5.75 Å². The molecule has 0 radical (unpaired) electrons. The van der Waals surface area contributed by atoms with Gasteiger partial charge in [-0.25, -0.2) is 17.2 Å². The number of carbonyl (C=O) groups is 1. The molecule has 3 aromatic carbocycles. The fourth-order valence-corrected chi connectivity index (χ4v) is 4.70. The van der Waals surface area contributed by atoms with Crippen molar-refractivity contribution in [2.75, 3.05) is 13.2 Å². The molecule has 0 heterocycles. The number of ether oxygens (including phenoxy) is 1. The van der Waals surface area contributed by atoms with Gasteiger partial charge in [0.2, 0.25) is 15.9 Å². The van der Waals surface area contributed by atoms with Crippen molar-refractivity contribution in [1.82, 2.24) is 10.0 Å². The molecule has 9 heteroatoms. The molecular formula is C27H30F2N2O4S. The van der Waals surface area contributed by atoms with E-state index in [2.05, 4.69) is 10.0 Å². The van der Waals surface area contributed by atoms with E-state index in [1.165, 1.54) is 36.4 Å². The SMILES string of the molecule is CC(F)(F)c1ccc(CC(NS(=O)(=O)c2ccccc2)C(=O)NCCCCOc2ccccc2)cc1. The third-order valence-electron chi connectivity index (χ3n) is 5.45. The smallest absolute Gasteiger partial charge is 0.270 e. The fraction of sp³-hybridized carbons (Fsp3) is 0.296. The van der Waals surface area contributed by atoms with Crippen LogP contribution in [0.4, 0.5) is 8.78 Å². The number of para-hydroxylation sites is 1. The number of hydrogen-bond acceptors (Lipinski definition) is 4. The molecule has 0 fully saturated rings. The quantitative estimate of drug-likeness (QED) is 0.324. The van der Waals surface area contributed by atoms with E-state index < -0.39 is 27.9 Å². The minimum absolute atomic E-state index is 0.00454. The van der Waals surface area contributed by atoms with Gasteiger partial charge in [-0.1, -0.05) is 60.7 Å². The summed E-state index contributed by atoms with van der Waals surface area (Å²) in [5.74, 6) is -2.72. The van der Waals surface area contributed by atoms with E-state index in [-0.39, 0.29) is 16.9 Å². The first-order valence-electron chi connectivity index (χ1n) is 11.7. The highest BCUT2D eigenvalue weighted by Gasteiger charge is 2.27. The molecule has 2 N–H and O–H groups in total. The number of alkyl halides is 2. The van der Waals surface area contributed by atoms with Crippen molar-refractivity contribution in [3.05, 3.63) is 96.1 Å². The Balaban J connectivity index is 1.61. The zero-order valence-corrected chi connectivity index (χ0v) is 20.8. The van der Waals surface area contributed by atoms with Gasteiger partial charge in [0.1, 0.15) is 11.8 Å². The average Bonchev–Trinajstić information content (AvgIpc) is 2.86. The monoisotopic (exact) mass is 516 g/mol. The normalized spacial score (nSPS) is 12.6. The minimum atomic E-state index is -3.98. The molecule has 0 saturated heterocycles. The second kappa shape index (κ2) is 12.6. The highest BCUT2D eigenvalue weighted by Crippen LogP contribution is 2.27. The van der Waals surface area contributed by atoms with Crippen molar-refractivity contribution in [3.63, 3.8) is 0 Å². The van der Waals surface area contributed by atoms with Crippen LogP contribution in [0.1, 0.15) is 30.9 Å². The van der Waals surface area contributed by atoms with Crippen molar-refractivity contribution in [2.45, 2.75) is 43.0 Å². The van der Waals surface area contributed by atoms with Gasteiger partial charge in [-0.05, 0) is 49.1 Å². The van der Waals surface area contributed by atoms with E-state index in [0.717, 1.165) is 12.7 Å². The first kappa shape index (κ1) is 27.3. The highest BCUT2D eigenvalue weighted by atomic mass is 32.2. The Morgan fingerprint density at radius 1 is 0.917 bits per heavy atom. The van der Waals surface area contributed by atoms with E-state index in [1.807, 2.05) is 30.3 Å². The number of halogens is 2. The molecule has 3 aromatic rings. The lowest BCUT2D eigenvalue weighted by molar-refractivity contribution is -0.122. The van der Waals surface area contributed by atoms with Crippen molar-refractivity contribution < 1.29 is 26.7 Å². The molecule has 1 amide bonds. The third-order valence-corrected chi connectivity index (χ3v) is 6.94. The lowest BCUT2D eigenvalue weighted by atomic mass is 10.0. The topological polar surface area (TPSA) is 84.5 Å². The van der Waals surface area contributed by atoms with Crippen LogP contribution in [0.25, 0.3) is 0 Å². The van der Waals surface area contributed by atoms with Crippen LogP contribution >= 0.6 is 0 Å². The molecule has 6 nitrogen and oxygen atoms in total. The van der Waals surface area contributed by atoms with Gasteiger partial charge in [-0.2, -0.15) is 4.72 Å². The number of carbonyl (C=O) groups excluding carboxylic acids is 1. The van der Waals surface area contributed by atoms with Crippen LogP contribution in [0.2, 0.25) is 0 Å². The molecule has 0 saturated carbocycles. The number of amides is 1. The summed E-state index contributed by atoms with van der Waals surface area (Å²) in [6.45, 7) is 1.62. The zero-order chi connectivity index (χ0) is 26.0. The van der Waals surface area contributed by atoms with E-state index in [0.29, 0.717) is 31.6 Å². The number of sulfonamides is 1. The number of rotatable bonds is 13. The van der Waals surface area contributed by atoms with Crippen molar-refractivity contribution >= 4 is 15.9 Å². The second-order valence-corrected chi connectivity index (χ2v) is 10.1. The summed E-state index contributed by atoms with van der Waals surface area (Å²) < 4.78 is 60.9. The van der Waals surface area contributed by atoms with E-state index in [9.17, 15) is 22.0 Å². The third kappa shape index (κ3) is 8.42. The Bertz CT molecular complexity index is 1200. The van der Waals surface area contributed by atoms with Gasteiger partial charge in [-0.3, -0.25) is 4.79 Å². The molecule has 192 valence electrons. The molecular weight excluding hydrogens is 486 g/mol. The molecule has 3 rings (SSSR count). The standard InChI is InChI=1S/C27H30F2N2O4S/c1-27(28,29)22-16-14-21(15-17-22)20-25(31-36(33,34)24-12-6-3-7-13-24)26(32)30-18-8-9-19-35-23-10-4-2-5-11-23/h2-7,10-17,25,31H,8-9,18-20H2,1H3,(H,30,32). The summed E-state index contributed by atoms with van der Waals surface area (Å²) in [5, 5.41) is 2.77. The van der Waals surface area contributed by atoms with Crippen LogP contribution in [0.5, 0.6) is 5.75 Å². The molecule has 0 aliphatic rings. The van der Waals surface area contributed by atoms with E-state index in [4.69, 9.17) is 4.74 Å². The van der Waals surface area contributed by atoms with Gasteiger partial charge in [0.25, 0.3) is 5.92 Å². The van der Waals surface area contributed by atoms with Gasteiger partial charge < -0.3 is 10.1 Å². The second-order valence-electron chi connectivity index (χ2n) is 8.44. The van der Waals surface area contributed by atoms with Gasteiger partial charge in [0.05, 0.1) is 11.5 Å². The maximum atomic E-state index is 13.5. The lowest BCUT2D eigenvalue weighted by Crippen LogP contribution is -2.48. The summed E-state index contributed by atoms with van der Waals surface area (Å²) in [5.41, 5.74) is 0.394. The van der Waals surface area contributed by atoms with Crippen LogP contribution < -0.4 is 14.8 Å². The van der Waals surface area contributed by atoms with Gasteiger partial charge in [0.15, 0.2) is 0 Å². The Morgan fingerprint density at radius 3 is 2.14 bits per heavy atom. The summed E-state index contributed by atoms with van der Waals surface area (Å²) >= 11 is 0. The fourth-order valence-electron chi connectivity index (χ4n) is 3.48. The largest absolute Gasteiger partial charge is 0.494 e. The van der Waals surface area contributed by atoms with Crippen LogP contribution in [0.3, 0.4) is 0 Å². The van der Waals surface area contributed by atoms with Crippen LogP contribution in [0.15, 0.2) is 89.8 Å².